The van der Waals surface area contributed by atoms with Crippen LogP contribution in [0.2, 0.25) is 0 Å². The summed E-state index contributed by atoms with van der Waals surface area (Å²) in [5.74, 6) is -0.130. The summed E-state index contributed by atoms with van der Waals surface area (Å²) in [7, 11) is 1.49. The van der Waals surface area contributed by atoms with E-state index in [9.17, 15) is 9.59 Å². The molecule has 6 heteroatoms. The molecule has 2 N–H and O–H groups in total. The van der Waals surface area contributed by atoms with Crippen molar-refractivity contribution in [3.05, 3.63) is 0 Å². The maximum absolute atomic E-state index is 11.6. The molecule has 0 atom stereocenters. The minimum Gasteiger partial charge on any atom is -0.466 e. The molecular weight excluding hydrogens is 332 g/mol. The fraction of sp³-hybridized carbons (Fsp3) is 0.850. The number of rotatable bonds is 6. The number of ketones is 1. The van der Waals surface area contributed by atoms with Gasteiger partial charge >= 0.3 is 5.97 Å². The van der Waals surface area contributed by atoms with Crippen molar-refractivity contribution < 1.29 is 19.1 Å². The van der Waals surface area contributed by atoms with Gasteiger partial charge in [-0.2, -0.15) is 5.26 Å². The van der Waals surface area contributed by atoms with Crippen molar-refractivity contribution in [3.8, 4) is 6.07 Å². The molecule has 0 aromatic carbocycles. The van der Waals surface area contributed by atoms with E-state index in [0.717, 1.165) is 44.9 Å². The lowest BCUT2D eigenvalue weighted by Gasteiger charge is -2.33. The van der Waals surface area contributed by atoms with E-state index in [1.165, 1.54) is 13.5 Å². The first-order chi connectivity index (χ1) is 12.5. The molecule has 2 saturated carbocycles. The molecule has 0 aromatic heterocycles. The van der Waals surface area contributed by atoms with Gasteiger partial charge in [0.1, 0.15) is 12.0 Å². The summed E-state index contributed by atoms with van der Waals surface area (Å²) in [6.07, 6.45) is 9.80. The minimum absolute atomic E-state index is 0.0443. The second kappa shape index (κ2) is 11.3. The largest absolute Gasteiger partial charge is 0.466 e. The summed E-state index contributed by atoms with van der Waals surface area (Å²) < 4.78 is 9.84. The fourth-order valence-electron chi connectivity index (χ4n) is 3.88. The normalized spacial score (nSPS) is 20.8. The van der Waals surface area contributed by atoms with Gasteiger partial charge in [-0.1, -0.05) is 38.5 Å². The van der Waals surface area contributed by atoms with Gasteiger partial charge in [-0.05, 0) is 32.6 Å². The Morgan fingerprint density at radius 2 is 1.58 bits per heavy atom. The van der Waals surface area contributed by atoms with E-state index in [1.807, 2.05) is 6.92 Å². The van der Waals surface area contributed by atoms with Gasteiger partial charge in [0.25, 0.3) is 0 Å². The molecule has 26 heavy (non-hydrogen) atoms. The molecule has 2 fully saturated rings. The van der Waals surface area contributed by atoms with Crippen LogP contribution in [0.5, 0.6) is 0 Å². The van der Waals surface area contributed by atoms with Crippen LogP contribution in [0.4, 0.5) is 0 Å². The number of carbonyl (C=O) groups is 2. The van der Waals surface area contributed by atoms with E-state index in [-0.39, 0.29) is 23.8 Å². The lowest BCUT2D eigenvalue weighted by Crippen LogP contribution is -2.41. The third-order valence-corrected chi connectivity index (χ3v) is 5.64. The number of nitrogens with zero attached hydrogens (tertiary/aromatic N) is 1. The Morgan fingerprint density at radius 1 is 1.04 bits per heavy atom. The Bertz CT molecular complexity index is 487. The Balaban J connectivity index is 0.000000260. The van der Waals surface area contributed by atoms with Crippen molar-refractivity contribution in [2.75, 3.05) is 26.9 Å². The van der Waals surface area contributed by atoms with E-state index >= 15 is 0 Å². The highest BCUT2D eigenvalue weighted by Gasteiger charge is 2.40. The predicted octanol–water partition coefficient (Wildman–Crippen LogP) is 3.13. The van der Waals surface area contributed by atoms with Gasteiger partial charge in [-0.15, -0.1) is 0 Å². The van der Waals surface area contributed by atoms with Gasteiger partial charge < -0.3 is 15.2 Å². The molecule has 0 spiro atoms. The number of nitrogens with two attached hydrogens (primary N) is 1. The molecule has 0 aliphatic heterocycles. The van der Waals surface area contributed by atoms with Crippen molar-refractivity contribution in [2.24, 2.45) is 16.6 Å². The molecule has 2 aliphatic rings. The van der Waals surface area contributed by atoms with Crippen LogP contribution in [-0.2, 0) is 19.1 Å². The Hall–Kier alpha value is -1.45. The second-order valence-corrected chi connectivity index (χ2v) is 7.38. The number of Topliss-reactive ketones (excluding diaryl/α,β-unsaturated/α-hetero) is 1. The standard InChI is InChI=1S/C10H15NO2.C10H19NO2/c1-13-7-9(12)10(8-11)5-3-2-4-6-10;1-2-13-9(12)10(8-11)6-4-3-5-7-10/h2-7H2,1H3;2-8,11H2,1H3. The smallest absolute Gasteiger partial charge is 0.313 e. The summed E-state index contributed by atoms with van der Waals surface area (Å²) in [4.78, 5) is 23.3. The molecule has 6 nitrogen and oxygen atoms in total. The number of carbonyl (C=O) groups excluding carboxylic acids is 2. The molecule has 0 saturated heterocycles. The number of methoxy groups -OCH3 is 1. The predicted molar refractivity (Wildman–Crippen MR) is 99.2 cm³/mol. The first kappa shape index (κ1) is 22.6. The number of ether oxygens (including phenoxy) is 2. The molecule has 0 unspecified atom stereocenters. The van der Waals surface area contributed by atoms with Crippen molar-refractivity contribution in [3.63, 3.8) is 0 Å². The van der Waals surface area contributed by atoms with Crippen LogP contribution in [0.25, 0.3) is 0 Å². The second-order valence-electron chi connectivity index (χ2n) is 7.38. The van der Waals surface area contributed by atoms with Crippen LogP contribution in [0.15, 0.2) is 0 Å². The summed E-state index contributed by atoms with van der Waals surface area (Å²) in [6.45, 7) is 2.81. The van der Waals surface area contributed by atoms with E-state index < -0.39 is 5.41 Å². The third-order valence-electron chi connectivity index (χ3n) is 5.64. The molecule has 148 valence electrons. The van der Waals surface area contributed by atoms with Crippen LogP contribution in [0.1, 0.15) is 71.1 Å². The average molecular weight is 367 g/mol. The van der Waals surface area contributed by atoms with E-state index in [2.05, 4.69) is 6.07 Å². The third kappa shape index (κ3) is 5.78. The average Bonchev–Trinajstić information content (AvgIpc) is 2.70. The van der Waals surface area contributed by atoms with Gasteiger partial charge in [-0.3, -0.25) is 9.59 Å². The maximum atomic E-state index is 11.6. The van der Waals surface area contributed by atoms with Crippen LogP contribution >= 0.6 is 0 Å². The minimum atomic E-state index is -0.728. The summed E-state index contributed by atoms with van der Waals surface area (Å²) in [5.41, 5.74) is 4.59. The zero-order valence-corrected chi connectivity index (χ0v) is 16.3. The van der Waals surface area contributed by atoms with Gasteiger partial charge in [0.2, 0.25) is 0 Å². The van der Waals surface area contributed by atoms with Crippen molar-refractivity contribution in [2.45, 2.75) is 71.1 Å². The van der Waals surface area contributed by atoms with E-state index in [1.54, 1.807) is 0 Å². The van der Waals surface area contributed by atoms with E-state index in [0.29, 0.717) is 26.0 Å². The fourth-order valence-corrected chi connectivity index (χ4v) is 3.88. The zero-order chi connectivity index (χ0) is 19.5. The highest BCUT2D eigenvalue weighted by Crippen LogP contribution is 2.37. The SMILES string of the molecule is CCOC(=O)C1(CN)CCCCC1.COCC(=O)C1(C#N)CCCCC1. The lowest BCUT2D eigenvalue weighted by molar-refractivity contribution is -0.156. The molecule has 0 bridgehead atoms. The first-order valence-electron chi connectivity index (χ1n) is 9.81. The summed E-state index contributed by atoms with van der Waals surface area (Å²) >= 11 is 0. The van der Waals surface area contributed by atoms with Crippen LogP contribution in [-0.4, -0.2) is 38.6 Å². The molecule has 0 radical (unpaired) electrons. The number of esters is 1. The maximum Gasteiger partial charge on any atom is 0.313 e. The van der Waals surface area contributed by atoms with Crippen LogP contribution in [0.3, 0.4) is 0 Å². The van der Waals surface area contributed by atoms with Gasteiger partial charge in [0, 0.05) is 13.7 Å². The molecule has 0 aromatic rings. The molecular formula is C20H34N2O4. The summed E-state index contributed by atoms with van der Waals surface area (Å²) in [5, 5.41) is 9.01. The van der Waals surface area contributed by atoms with Gasteiger partial charge in [0.05, 0.1) is 18.1 Å². The van der Waals surface area contributed by atoms with Crippen molar-refractivity contribution >= 4 is 11.8 Å². The summed E-state index contributed by atoms with van der Waals surface area (Å²) in [6, 6.07) is 2.17. The van der Waals surface area contributed by atoms with Crippen molar-refractivity contribution in [1.82, 2.24) is 0 Å². The number of nitriles is 1. The van der Waals surface area contributed by atoms with Gasteiger partial charge in [0.15, 0.2) is 5.78 Å². The molecule has 2 aliphatic carbocycles. The highest BCUT2D eigenvalue weighted by molar-refractivity contribution is 5.88. The zero-order valence-electron chi connectivity index (χ0n) is 16.3. The number of hydrogen-bond donors (Lipinski definition) is 1. The Labute approximate surface area is 157 Å². The Kier molecular flexibility index (Phi) is 9.82. The Morgan fingerprint density at radius 3 is 2.00 bits per heavy atom. The van der Waals surface area contributed by atoms with Gasteiger partial charge in [-0.25, -0.2) is 0 Å². The highest BCUT2D eigenvalue weighted by atomic mass is 16.5. The monoisotopic (exact) mass is 366 g/mol. The topological polar surface area (TPSA) is 102 Å². The van der Waals surface area contributed by atoms with Crippen LogP contribution < -0.4 is 5.73 Å². The quantitative estimate of drug-likeness (QED) is 0.725. The van der Waals surface area contributed by atoms with Crippen molar-refractivity contribution in [1.29, 1.82) is 5.26 Å². The molecule has 0 heterocycles. The molecule has 2 rings (SSSR count). The van der Waals surface area contributed by atoms with E-state index in [4.69, 9.17) is 20.5 Å². The lowest BCUT2D eigenvalue weighted by atomic mass is 9.72. The molecule has 0 amide bonds. The van der Waals surface area contributed by atoms with Crippen LogP contribution in [0, 0.1) is 22.2 Å². The number of hydrogen-bond acceptors (Lipinski definition) is 6. The first-order valence-corrected chi connectivity index (χ1v) is 9.81.